The average Bonchev–Trinajstić information content (AvgIpc) is 2.67. The molecule has 5 nitrogen and oxygen atoms in total. The highest BCUT2D eigenvalue weighted by Gasteiger charge is 2.06. The van der Waals surface area contributed by atoms with Gasteiger partial charge in [-0.05, 0) is 69.5 Å². The lowest BCUT2D eigenvalue weighted by Crippen LogP contribution is -1.97. The Balaban J connectivity index is 1.64. The lowest BCUT2D eigenvalue weighted by molar-refractivity contribution is -0.384. The summed E-state index contributed by atoms with van der Waals surface area (Å²) in [6, 6.07) is 21.7. The van der Waals surface area contributed by atoms with Gasteiger partial charge in [-0.15, -0.1) is 0 Å². The molecule has 0 spiro atoms. The highest BCUT2D eigenvalue weighted by atomic mass is 79.9. The maximum Gasteiger partial charge on any atom is 0.269 e. The standard InChI is InChI=1S/C20H15BrN2O3/c21-19-12-16(13-22-17-4-2-1-3-5-17)8-11-20(19)26-14-15-6-9-18(10-7-15)23(24)25/h1-13H,14H2. The molecule has 0 saturated carbocycles. The van der Waals surface area contributed by atoms with Gasteiger partial charge in [0.2, 0.25) is 0 Å². The molecule has 0 N–H and O–H groups in total. The van der Waals surface area contributed by atoms with E-state index in [0.717, 1.165) is 21.3 Å². The van der Waals surface area contributed by atoms with Gasteiger partial charge < -0.3 is 4.74 Å². The SMILES string of the molecule is O=[N+]([O-])c1ccc(COc2ccc(C=Nc3ccccc3)cc2Br)cc1. The van der Waals surface area contributed by atoms with Crippen molar-refractivity contribution in [3.8, 4) is 5.75 Å². The number of para-hydroxylation sites is 1. The van der Waals surface area contributed by atoms with Crippen LogP contribution in [0.25, 0.3) is 0 Å². The Kier molecular flexibility index (Phi) is 5.76. The molecule has 0 amide bonds. The number of non-ortho nitro benzene ring substituents is 1. The van der Waals surface area contributed by atoms with E-state index in [1.54, 1.807) is 18.3 Å². The van der Waals surface area contributed by atoms with Crippen molar-refractivity contribution in [1.29, 1.82) is 0 Å². The smallest absolute Gasteiger partial charge is 0.269 e. The summed E-state index contributed by atoms with van der Waals surface area (Å²) in [5, 5.41) is 10.7. The summed E-state index contributed by atoms with van der Waals surface area (Å²) in [5.74, 6) is 0.695. The van der Waals surface area contributed by atoms with Gasteiger partial charge in [-0.1, -0.05) is 18.2 Å². The first-order chi connectivity index (χ1) is 12.6. The quantitative estimate of drug-likeness (QED) is 0.298. The number of hydrogen-bond donors (Lipinski definition) is 0. The predicted molar refractivity (Wildman–Crippen MR) is 105 cm³/mol. The molecule has 26 heavy (non-hydrogen) atoms. The van der Waals surface area contributed by atoms with Gasteiger partial charge in [0.1, 0.15) is 12.4 Å². The maximum atomic E-state index is 10.7. The lowest BCUT2D eigenvalue weighted by atomic mass is 10.2. The number of ether oxygens (including phenoxy) is 1. The van der Waals surface area contributed by atoms with Gasteiger partial charge >= 0.3 is 0 Å². The van der Waals surface area contributed by atoms with Crippen molar-refractivity contribution in [2.45, 2.75) is 6.61 Å². The van der Waals surface area contributed by atoms with Crippen LogP contribution in [-0.4, -0.2) is 11.1 Å². The molecular formula is C20H15BrN2O3. The third kappa shape index (κ3) is 4.77. The van der Waals surface area contributed by atoms with Crippen LogP contribution in [0.15, 0.2) is 82.3 Å². The number of aliphatic imine (C=N–C) groups is 1. The molecule has 130 valence electrons. The van der Waals surface area contributed by atoms with Crippen molar-refractivity contribution in [2.24, 2.45) is 4.99 Å². The summed E-state index contributed by atoms with van der Waals surface area (Å²) >= 11 is 3.50. The van der Waals surface area contributed by atoms with Gasteiger partial charge in [0, 0.05) is 18.3 Å². The lowest BCUT2D eigenvalue weighted by Gasteiger charge is -2.09. The van der Waals surface area contributed by atoms with E-state index in [4.69, 9.17) is 4.74 Å². The van der Waals surface area contributed by atoms with Gasteiger partial charge in [0.15, 0.2) is 0 Å². The van der Waals surface area contributed by atoms with Gasteiger partial charge in [-0.2, -0.15) is 0 Å². The first-order valence-corrected chi connectivity index (χ1v) is 8.66. The van der Waals surface area contributed by atoms with Crippen LogP contribution in [0.4, 0.5) is 11.4 Å². The van der Waals surface area contributed by atoms with Crippen LogP contribution >= 0.6 is 15.9 Å². The summed E-state index contributed by atoms with van der Waals surface area (Å²) in [6.45, 7) is 0.327. The molecule has 3 aromatic rings. The fourth-order valence-electron chi connectivity index (χ4n) is 2.25. The molecule has 0 aliphatic heterocycles. The van der Waals surface area contributed by atoms with E-state index in [-0.39, 0.29) is 5.69 Å². The van der Waals surface area contributed by atoms with E-state index < -0.39 is 4.92 Å². The molecule has 0 unspecified atom stereocenters. The van der Waals surface area contributed by atoms with Crippen LogP contribution in [0.3, 0.4) is 0 Å². The molecule has 3 aromatic carbocycles. The molecule has 0 aromatic heterocycles. The van der Waals surface area contributed by atoms with Crippen LogP contribution in [-0.2, 0) is 6.61 Å². The van der Waals surface area contributed by atoms with Crippen LogP contribution < -0.4 is 4.74 Å². The summed E-state index contributed by atoms with van der Waals surface area (Å²) in [7, 11) is 0. The van der Waals surface area contributed by atoms with E-state index in [9.17, 15) is 10.1 Å². The van der Waals surface area contributed by atoms with Crippen LogP contribution in [0.2, 0.25) is 0 Å². The second-order valence-corrected chi connectivity index (χ2v) is 6.35. The summed E-state index contributed by atoms with van der Waals surface area (Å²) in [5.41, 5.74) is 2.76. The van der Waals surface area contributed by atoms with E-state index in [1.165, 1.54) is 12.1 Å². The highest BCUT2D eigenvalue weighted by molar-refractivity contribution is 9.10. The van der Waals surface area contributed by atoms with E-state index in [0.29, 0.717) is 12.4 Å². The molecule has 0 radical (unpaired) electrons. The summed E-state index contributed by atoms with van der Waals surface area (Å²) in [6.07, 6.45) is 1.79. The molecule has 0 atom stereocenters. The molecule has 0 bridgehead atoms. The van der Waals surface area contributed by atoms with Crippen molar-refractivity contribution in [2.75, 3.05) is 0 Å². The molecular weight excluding hydrogens is 396 g/mol. The summed E-state index contributed by atoms with van der Waals surface area (Å²) in [4.78, 5) is 14.7. The molecule has 6 heteroatoms. The Morgan fingerprint density at radius 2 is 1.77 bits per heavy atom. The molecule has 0 saturated heterocycles. The minimum Gasteiger partial charge on any atom is -0.488 e. The first-order valence-electron chi connectivity index (χ1n) is 7.86. The number of halogens is 1. The monoisotopic (exact) mass is 410 g/mol. The zero-order valence-corrected chi connectivity index (χ0v) is 15.3. The number of benzene rings is 3. The minimum atomic E-state index is -0.420. The molecule has 0 aliphatic rings. The van der Waals surface area contributed by atoms with Gasteiger partial charge in [-0.3, -0.25) is 15.1 Å². The molecule has 0 fully saturated rings. The Morgan fingerprint density at radius 1 is 1.04 bits per heavy atom. The first kappa shape index (κ1) is 17.8. The van der Waals surface area contributed by atoms with Gasteiger partial charge in [-0.25, -0.2) is 0 Å². The second-order valence-electron chi connectivity index (χ2n) is 5.50. The van der Waals surface area contributed by atoms with E-state index >= 15 is 0 Å². The van der Waals surface area contributed by atoms with Crippen molar-refractivity contribution in [1.82, 2.24) is 0 Å². The number of nitro benzene ring substituents is 1. The minimum absolute atomic E-state index is 0.0667. The Hall–Kier alpha value is -2.99. The zero-order valence-electron chi connectivity index (χ0n) is 13.7. The average molecular weight is 411 g/mol. The fraction of sp³-hybridized carbons (Fsp3) is 0.0500. The van der Waals surface area contributed by atoms with E-state index in [1.807, 2.05) is 48.5 Å². The number of rotatable bonds is 6. The fourth-order valence-corrected chi connectivity index (χ4v) is 2.76. The normalized spacial score (nSPS) is 10.8. The largest absolute Gasteiger partial charge is 0.488 e. The molecule has 0 heterocycles. The van der Waals surface area contributed by atoms with E-state index in [2.05, 4.69) is 20.9 Å². The van der Waals surface area contributed by atoms with Crippen LogP contribution in [0.1, 0.15) is 11.1 Å². The third-order valence-electron chi connectivity index (χ3n) is 3.62. The maximum absolute atomic E-state index is 10.7. The van der Waals surface area contributed by atoms with Crippen molar-refractivity contribution < 1.29 is 9.66 Å². The van der Waals surface area contributed by atoms with Crippen molar-refractivity contribution >= 4 is 33.5 Å². The third-order valence-corrected chi connectivity index (χ3v) is 4.24. The van der Waals surface area contributed by atoms with Crippen molar-refractivity contribution in [3.05, 3.63) is 98.5 Å². The van der Waals surface area contributed by atoms with Crippen molar-refractivity contribution in [3.63, 3.8) is 0 Å². The second kappa shape index (κ2) is 8.40. The van der Waals surface area contributed by atoms with Gasteiger partial charge in [0.05, 0.1) is 15.1 Å². The van der Waals surface area contributed by atoms with Gasteiger partial charge in [0.25, 0.3) is 5.69 Å². The predicted octanol–water partition coefficient (Wildman–Crippen LogP) is 5.69. The zero-order chi connectivity index (χ0) is 18.4. The number of nitro groups is 1. The number of nitrogens with zero attached hydrogens (tertiary/aromatic N) is 2. The Labute approximate surface area is 159 Å². The number of hydrogen-bond acceptors (Lipinski definition) is 4. The topological polar surface area (TPSA) is 64.7 Å². The highest BCUT2D eigenvalue weighted by Crippen LogP contribution is 2.27. The van der Waals surface area contributed by atoms with Crippen LogP contribution in [0, 0.1) is 10.1 Å². The summed E-state index contributed by atoms with van der Waals surface area (Å²) < 4.78 is 6.60. The molecule has 0 aliphatic carbocycles. The molecule has 3 rings (SSSR count). The van der Waals surface area contributed by atoms with Crippen LogP contribution in [0.5, 0.6) is 5.75 Å². The Morgan fingerprint density at radius 3 is 2.42 bits per heavy atom. The Bertz CT molecular complexity index is 926.